The summed E-state index contributed by atoms with van der Waals surface area (Å²) in [6.45, 7) is 1.23. The minimum Gasteiger partial charge on any atom is -0.376 e. The number of hydrogen-bond donors (Lipinski definition) is 0. The fourth-order valence-electron chi connectivity index (χ4n) is 2.38. The molecular formula is C15H14FNO2S2. The van der Waals surface area contributed by atoms with Gasteiger partial charge in [0.15, 0.2) is 0 Å². The lowest BCUT2D eigenvalue weighted by Gasteiger charge is -2.18. The SMILES string of the molecule is O=C1C(=Cc2ccccc2F)SC(=S)N1CC1CCCO1. The number of nitrogens with zero attached hydrogens (tertiary/aromatic N) is 1. The van der Waals surface area contributed by atoms with Crippen LogP contribution >= 0.6 is 24.0 Å². The van der Waals surface area contributed by atoms with Crippen molar-refractivity contribution in [3.8, 4) is 0 Å². The number of carbonyl (C=O) groups is 1. The number of thiocarbonyl (C=S) groups is 1. The van der Waals surface area contributed by atoms with Crippen LogP contribution in [0.25, 0.3) is 6.08 Å². The third kappa shape index (κ3) is 3.17. The molecule has 2 fully saturated rings. The minimum absolute atomic E-state index is 0.0558. The molecule has 21 heavy (non-hydrogen) atoms. The smallest absolute Gasteiger partial charge is 0.266 e. The molecule has 110 valence electrons. The zero-order valence-electron chi connectivity index (χ0n) is 11.3. The molecule has 2 saturated heterocycles. The number of ether oxygens (including phenoxy) is 1. The van der Waals surface area contributed by atoms with Gasteiger partial charge in [0, 0.05) is 12.2 Å². The van der Waals surface area contributed by atoms with Gasteiger partial charge in [-0.15, -0.1) is 0 Å². The van der Waals surface area contributed by atoms with Crippen molar-refractivity contribution in [3.05, 3.63) is 40.6 Å². The van der Waals surface area contributed by atoms with Crippen molar-refractivity contribution >= 4 is 40.3 Å². The second kappa shape index (κ2) is 6.25. The van der Waals surface area contributed by atoms with Crippen molar-refractivity contribution in [2.45, 2.75) is 18.9 Å². The van der Waals surface area contributed by atoms with E-state index in [1.807, 2.05) is 0 Å². The normalized spacial score (nSPS) is 24.3. The van der Waals surface area contributed by atoms with Gasteiger partial charge in [-0.3, -0.25) is 9.69 Å². The zero-order chi connectivity index (χ0) is 14.8. The fourth-order valence-corrected chi connectivity index (χ4v) is 3.65. The molecule has 0 radical (unpaired) electrons. The number of benzene rings is 1. The van der Waals surface area contributed by atoms with Gasteiger partial charge in [-0.1, -0.05) is 42.2 Å². The fraction of sp³-hybridized carbons (Fsp3) is 0.333. The first-order valence-corrected chi connectivity index (χ1v) is 7.99. The predicted molar refractivity (Wildman–Crippen MR) is 85.3 cm³/mol. The summed E-state index contributed by atoms with van der Waals surface area (Å²) in [7, 11) is 0. The summed E-state index contributed by atoms with van der Waals surface area (Å²) in [6, 6.07) is 6.37. The Balaban J connectivity index is 1.78. The van der Waals surface area contributed by atoms with Crippen LogP contribution in [0.5, 0.6) is 0 Å². The van der Waals surface area contributed by atoms with Crippen molar-refractivity contribution in [3.63, 3.8) is 0 Å². The molecule has 2 heterocycles. The van der Waals surface area contributed by atoms with Gasteiger partial charge in [-0.25, -0.2) is 4.39 Å². The quantitative estimate of drug-likeness (QED) is 0.631. The average Bonchev–Trinajstić information content (AvgIpc) is 3.06. The van der Waals surface area contributed by atoms with E-state index in [1.54, 1.807) is 29.2 Å². The number of rotatable bonds is 3. The Morgan fingerprint density at radius 2 is 2.29 bits per heavy atom. The maximum atomic E-state index is 13.7. The molecule has 0 bridgehead atoms. The first kappa shape index (κ1) is 14.7. The Morgan fingerprint density at radius 1 is 1.48 bits per heavy atom. The number of thioether (sulfide) groups is 1. The second-order valence-electron chi connectivity index (χ2n) is 4.95. The molecule has 3 nitrogen and oxygen atoms in total. The number of amides is 1. The molecule has 0 aromatic heterocycles. The van der Waals surface area contributed by atoms with Crippen LogP contribution in [0, 0.1) is 5.82 Å². The van der Waals surface area contributed by atoms with Gasteiger partial charge in [0.1, 0.15) is 10.1 Å². The van der Waals surface area contributed by atoms with E-state index in [9.17, 15) is 9.18 Å². The van der Waals surface area contributed by atoms with Crippen molar-refractivity contribution in [1.82, 2.24) is 4.90 Å². The zero-order valence-corrected chi connectivity index (χ0v) is 12.9. The lowest BCUT2D eigenvalue weighted by Crippen LogP contribution is -2.35. The Morgan fingerprint density at radius 3 is 3.00 bits per heavy atom. The van der Waals surface area contributed by atoms with E-state index < -0.39 is 0 Å². The van der Waals surface area contributed by atoms with E-state index in [0.29, 0.717) is 21.3 Å². The van der Waals surface area contributed by atoms with Crippen molar-refractivity contribution in [1.29, 1.82) is 0 Å². The van der Waals surface area contributed by atoms with E-state index >= 15 is 0 Å². The largest absolute Gasteiger partial charge is 0.376 e. The molecule has 2 aliphatic heterocycles. The highest BCUT2D eigenvalue weighted by Gasteiger charge is 2.34. The molecule has 3 rings (SSSR count). The van der Waals surface area contributed by atoms with Crippen molar-refractivity contribution in [2.24, 2.45) is 0 Å². The monoisotopic (exact) mass is 323 g/mol. The second-order valence-corrected chi connectivity index (χ2v) is 6.62. The topological polar surface area (TPSA) is 29.5 Å². The third-order valence-electron chi connectivity index (χ3n) is 3.48. The van der Waals surface area contributed by atoms with Crippen molar-refractivity contribution < 1.29 is 13.9 Å². The first-order valence-electron chi connectivity index (χ1n) is 6.76. The van der Waals surface area contributed by atoms with Gasteiger partial charge in [0.2, 0.25) is 0 Å². The van der Waals surface area contributed by atoms with Crippen molar-refractivity contribution in [2.75, 3.05) is 13.2 Å². The Labute approximate surface area is 132 Å². The maximum absolute atomic E-state index is 13.7. The van der Waals surface area contributed by atoms with Crippen LogP contribution in [-0.2, 0) is 9.53 Å². The highest BCUT2D eigenvalue weighted by Crippen LogP contribution is 2.33. The average molecular weight is 323 g/mol. The van der Waals surface area contributed by atoms with Gasteiger partial charge >= 0.3 is 0 Å². The molecule has 1 aromatic rings. The lowest BCUT2D eigenvalue weighted by atomic mass is 10.2. The predicted octanol–water partition coefficient (Wildman–Crippen LogP) is 3.21. The summed E-state index contributed by atoms with van der Waals surface area (Å²) >= 11 is 6.47. The third-order valence-corrected chi connectivity index (χ3v) is 4.85. The molecule has 0 aliphatic carbocycles. The lowest BCUT2D eigenvalue weighted by molar-refractivity contribution is -0.123. The molecule has 6 heteroatoms. The Hall–Kier alpha value is -1.24. The van der Waals surface area contributed by atoms with E-state index in [4.69, 9.17) is 17.0 Å². The van der Waals surface area contributed by atoms with Gasteiger partial charge in [-0.2, -0.15) is 0 Å². The number of halogens is 1. The molecule has 1 amide bonds. The molecule has 1 unspecified atom stereocenters. The summed E-state index contributed by atoms with van der Waals surface area (Å²) in [4.78, 5) is 14.4. The van der Waals surface area contributed by atoms with Gasteiger partial charge in [0.05, 0.1) is 17.6 Å². The molecule has 1 atom stereocenters. The minimum atomic E-state index is -0.345. The first-order chi connectivity index (χ1) is 10.1. The van der Waals surface area contributed by atoms with Gasteiger partial charge in [-0.05, 0) is 25.0 Å². The molecule has 1 aromatic carbocycles. The highest BCUT2D eigenvalue weighted by molar-refractivity contribution is 8.26. The van der Waals surface area contributed by atoms with E-state index in [0.717, 1.165) is 19.4 Å². The molecule has 2 aliphatic rings. The van der Waals surface area contributed by atoms with Crippen LogP contribution < -0.4 is 0 Å². The summed E-state index contributed by atoms with van der Waals surface area (Å²) in [5.41, 5.74) is 0.398. The van der Waals surface area contributed by atoms with Crippen LogP contribution in [0.4, 0.5) is 4.39 Å². The maximum Gasteiger partial charge on any atom is 0.266 e. The van der Waals surface area contributed by atoms with E-state index in [1.165, 1.54) is 17.8 Å². The molecule has 0 spiro atoms. The molecule has 0 saturated carbocycles. The highest BCUT2D eigenvalue weighted by atomic mass is 32.2. The number of hydrogen-bond acceptors (Lipinski definition) is 4. The van der Waals surface area contributed by atoms with Crippen LogP contribution in [0.3, 0.4) is 0 Å². The summed E-state index contributed by atoms with van der Waals surface area (Å²) in [6.07, 6.45) is 3.58. The Bertz CT molecular complexity index is 611. The summed E-state index contributed by atoms with van der Waals surface area (Å²) < 4.78 is 19.7. The van der Waals surface area contributed by atoms with E-state index in [2.05, 4.69) is 0 Å². The van der Waals surface area contributed by atoms with Crippen LogP contribution in [0.15, 0.2) is 29.2 Å². The van der Waals surface area contributed by atoms with Gasteiger partial charge < -0.3 is 4.74 Å². The van der Waals surface area contributed by atoms with Crippen LogP contribution in [0.2, 0.25) is 0 Å². The van der Waals surface area contributed by atoms with E-state index in [-0.39, 0.29) is 17.8 Å². The standard InChI is InChI=1S/C15H14FNO2S2/c16-12-6-2-1-4-10(12)8-13-14(18)17(15(20)21-13)9-11-5-3-7-19-11/h1-2,4,6,8,11H,3,5,7,9H2. The molecule has 0 N–H and O–H groups in total. The number of carbonyl (C=O) groups excluding carboxylic acids is 1. The molecular weight excluding hydrogens is 309 g/mol. The van der Waals surface area contributed by atoms with Gasteiger partial charge in [0.25, 0.3) is 5.91 Å². The summed E-state index contributed by atoms with van der Waals surface area (Å²) in [5.74, 6) is -0.509. The van der Waals surface area contributed by atoms with Crippen LogP contribution in [-0.4, -0.2) is 34.4 Å². The van der Waals surface area contributed by atoms with Crippen LogP contribution in [0.1, 0.15) is 18.4 Å². The summed E-state index contributed by atoms with van der Waals surface area (Å²) in [5, 5.41) is 0. The Kier molecular flexibility index (Phi) is 4.37.